The van der Waals surface area contributed by atoms with Gasteiger partial charge in [0.2, 0.25) is 5.75 Å². The molecule has 0 heterocycles. The summed E-state index contributed by atoms with van der Waals surface area (Å²) >= 11 is 0. The van der Waals surface area contributed by atoms with E-state index in [1.165, 1.54) is 5.56 Å². The van der Waals surface area contributed by atoms with E-state index in [9.17, 15) is 0 Å². The van der Waals surface area contributed by atoms with E-state index in [-0.39, 0.29) is 0 Å². The van der Waals surface area contributed by atoms with Crippen LogP contribution in [0.2, 0.25) is 0 Å². The van der Waals surface area contributed by atoms with Crippen LogP contribution in [-0.2, 0) is 22.6 Å². The predicted octanol–water partition coefficient (Wildman–Crippen LogP) is 2.20. The van der Waals surface area contributed by atoms with Crippen molar-refractivity contribution in [1.82, 2.24) is 5.32 Å². The standard InChI is InChI=1S/C18H23NO3.C2H2O4/c1-20-16-10-9-15(17(21-2)18(16)22-3)13-19-12-11-14-7-5-4-6-8-14;3-1(4)2(5)6/h4-10,19H,11-13H2,1-3H3;(H,3,4)(H,5,6). The summed E-state index contributed by atoms with van der Waals surface area (Å²) in [6.45, 7) is 1.62. The molecule has 0 aromatic heterocycles. The minimum absolute atomic E-state index is 0.632. The van der Waals surface area contributed by atoms with Crippen molar-refractivity contribution < 1.29 is 34.0 Å². The lowest BCUT2D eigenvalue weighted by Gasteiger charge is -2.16. The number of methoxy groups -OCH3 is 3. The predicted molar refractivity (Wildman–Crippen MR) is 103 cm³/mol. The first-order valence-corrected chi connectivity index (χ1v) is 8.43. The van der Waals surface area contributed by atoms with Crippen molar-refractivity contribution in [2.45, 2.75) is 13.0 Å². The molecule has 3 N–H and O–H groups in total. The van der Waals surface area contributed by atoms with Crippen molar-refractivity contribution in [3.8, 4) is 17.2 Å². The molecule has 0 bridgehead atoms. The Kier molecular flexibility index (Phi) is 9.91. The molecule has 8 nitrogen and oxygen atoms in total. The van der Waals surface area contributed by atoms with Gasteiger partial charge in [0.25, 0.3) is 0 Å². The number of hydrogen-bond donors (Lipinski definition) is 3. The van der Waals surface area contributed by atoms with Crippen molar-refractivity contribution in [3.63, 3.8) is 0 Å². The van der Waals surface area contributed by atoms with Gasteiger partial charge in [-0.2, -0.15) is 0 Å². The zero-order valence-electron chi connectivity index (χ0n) is 16.1. The van der Waals surface area contributed by atoms with Crippen LogP contribution < -0.4 is 19.5 Å². The van der Waals surface area contributed by atoms with Gasteiger partial charge < -0.3 is 29.7 Å². The summed E-state index contributed by atoms with van der Waals surface area (Å²) in [5, 5.41) is 18.2. The summed E-state index contributed by atoms with van der Waals surface area (Å²) in [6.07, 6.45) is 0.996. The van der Waals surface area contributed by atoms with Crippen molar-refractivity contribution in [3.05, 3.63) is 53.6 Å². The minimum atomic E-state index is -1.82. The molecule has 0 aliphatic rings. The molecule has 0 amide bonds. The first-order valence-electron chi connectivity index (χ1n) is 8.43. The Balaban J connectivity index is 0.000000568. The second kappa shape index (κ2) is 12.2. The van der Waals surface area contributed by atoms with Gasteiger partial charge in [-0.15, -0.1) is 0 Å². The molecule has 0 atom stereocenters. The molecule has 28 heavy (non-hydrogen) atoms. The molecule has 2 aromatic carbocycles. The Morgan fingerprint density at radius 3 is 1.96 bits per heavy atom. The number of hydrogen-bond acceptors (Lipinski definition) is 6. The largest absolute Gasteiger partial charge is 0.493 e. The Morgan fingerprint density at radius 1 is 0.857 bits per heavy atom. The van der Waals surface area contributed by atoms with Gasteiger partial charge in [-0.05, 0) is 24.6 Å². The molecule has 0 fully saturated rings. The minimum Gasteiger partial charge on any atom is -0.493 e. The van der Waals surface area contributed by atoms with Crippen molar-refractivity contribution in [2.75, 3.05) is 27.9 Å². The van der Waals surface area contributed by atoms with E-state index in [1.54, 1.807) is 21.3 Å². The number of carboxylic acid groups (broad SMARTS) is 2. The van der Waals surface area contributed by atoms with E-state index < -0.39 is 11.9 Å². The third kappa shape index (κ3) is 7.16. The highest BCUT2D eigenvalue weighted by Gasteiger charge is 2.15. The summed E-state index contributed by atoms with van der Waals surface area (Å²) in [6, 6.07) is 14.3. The average molecular weight is 391 g/mol. The van der Waals surface area contributed by atoms with E-state index in [1.807, 2.05) is 18.2 Å². The van der Waals surface area contributed by atoms with Gasteiger partial charge in [-0.1, -0.05) is 36.4 Å². The molecule has 0 spiro atoms. The van der Waals surface area contributed by atoms with Gasteiger partial charge >= 0.3 is 11.9 Å². The highest BCUT2D eigenvalue weighted by atomic mass is 16.5. The molecule has 0 aliphatic carbocycles. The third-order valence-electron chi connectivity index (χ3n) is 3.72. The highest BCUT2D eigenvalue weighted by molar-refractivity contribution is 6.27. The van der Waals surface area contributed by atoms with Gasteiger partial charge in [0.05, 0.1) is 21.3 Å². The molecule has 2 aromatic rings. The Bertz CT molecular complexity index is 751. The first kappa shape index (κ1) is 22.8. The zero-order valence-corrected chi connectivity index (χ0v) is 16.1. The number of nitrogens with one attached hydrogen (secondary N) is 1. The van der Waals surface area contributed by atoms with E-state index in [0.29, 0.717) is 17.2 Å². The number of ether oxygens (including phenoxy) is 3. The third-order valence-corrected chi connectivity index (χ3v) is 3.72. The maximum absolute atomic E-state index is 9.10. The number of carboxylic acids is 2. The summed E-state index contributed by atoms with van der Waals surface area (Å²) < 4.78 is 16.2. The van der Waals surface area contributed by atoms with Crippen LogP contribution in [0.4, 0.5) is 0 Å². The van der Waals surface area contributed by atoms with Crippen molar-refractivity contribution >= 4 is 11.9 Å². The lowest BCUT2D eigenvalue weighted by Crippen LogP contribution is -2.17. The second-order valence-corrected chi connectivity index (χ2v) is 5.52. The van der Waals surface area contributed by atoms with Gasteiger partial charge in [0, 0.05) is 12.1 Å². The van der Waals surface area contributed by atoms with Crippen LogP contribution in [0.25, 0.3) is 0 Å². The molecule has 0 saturated heterocycles. The second-order valence-electron chi connectivity index (χ2n) is 5.52. The van der Waals surface area contributed by atoms with Crippen LogP contribution in [0, 0.1) is 0 Å². The molecule has 2 rings (SSSR count). The summed E-state index contributed by atoms with van der Waals surface area (Å²) in [7, 11) is 4.88. The van der Waals surface area contributed by atoms with Crippen LogP contribution in [0.5, 0.6) is 17.2 Å². The summed E-state index contributed by atoms with van der Waals surface area (Å²) in [4.78, 5) is 18.2. The zero-order chi connectivity index (χ0) is 20.9. The normalized spacial score (nSPS) is 9.68. The maximum Gasteiger partial charge on any atom is 0.414 e. The number of benzene rings is 2. The van der Waals surface area contributed by atoms with E-state index in [2.05, 4.69) is 29.6 Å². The highest BCUT2D eigenvalue weighted by Crippen LogP contribution is 2.39. The van der Waals surface area contributed by atoms with Gasteiger partial charge in [-0.3, -0.25) is 0 Å². The number of aliphatic carboxylic acids is 2. The monoisotopic (exact) mass is 391 g/mol. The first-order chi connectivity index (χ1) is 13.4. The van der Waals surface area contributed by atoms with Crippen molar-refractivity contribution in [2.24, 2.45) is 0 Å². The molecular weight excluding hydrogens is 366 g/mol. The van der Waals surface area contributed by atoms with Crippen LogP contribution in [0.15, 0.2) is 42.5 Å². The number of carbonyl (C=O) groups is 2. The van der Waals surface area contributed by atoms with E-state index >= 15 is 0 Å². The molecule has 8 heteroatoms. The Labute approximate surface area is 163 Å². The maximum atomic E-state index is 9.10. The summed E-state index contributed by atoms with van der Waals surface area (Å²) in [5.41, 5.74) is 2.38. The van der Waals surface area contributed by atoms with E-state index in [0.717, 1.165) is 25.1 Å². The fourth-order valence-electron chi connectivity index (χ4n) is 2.40. The topological polar surface area (TPSA) is 114 Å². The molecule has 152 valence electrons. The van der Waals surface area contributed by atoms with Crippen LogP contribution in [0.1, 0.15) is 11.1 Å². The fraction of sp³-hybridized carbons (Fsp3) is 0.300. The Hall–Kier alpha value is -3.26. The van der Waals surface area contributed by atoms with Gasteiger partial charge in [0.1, 0.15) is 0 Å². The van der Waals surface area contributed by atoms with Gasteiger partial charge in [0.15, 0.2) is 11.5 Å². The molecule has 0 radical (unpaired) electrons. The average Bonchev–Trinajstić information content (AvgIpc) is 2.71. The van der Waals surface area contributed by atoms with Crippen LogP contribution in [0.3, 0.4) is 0 Å². The molecule has 0 aliphatic heterocycles. The quantitative estimate of drug-likeness (QED) is 0.463. The summed E-state index contributed by atoms with van der Waals surface area (Å²) in [5.74, 6) is -1.63. The SMILES string of the molecule is COc1ccc(CNCCc2ccccc2)c(OC)c1OC.O=C(O)C(=O)O. The van der Waals surface area contributed by atoms with Crippen LogP contribution >= 0.6 is 0 Å². The van der Waals surface area contributed by atoms with Gasteiger partial charge in [-0.25, -0.2) is 9.59 Å². The van der Waals surface area contributed by atoms with E-state index in [4.69, 9.17) is 34.0 Å². The fourth-order valence-corrected chi connectivity index (χ4v) is 2.40. The van der Waals surface area contributed by atoms with Crippen LogP contribution in [-0.4, -0.2) is 50.0 Å². The Morgan fingerprint density at radius 2 is 1.46 bits per heavy atom. The molecule has 0 saturated carbocycles. The molecular formula is C20H25NO7. The smallest absolute Gasteiger partial charge is 0.414 e. The lowest BCUT2D eigenvalue weighted by atomic mass is 10.1. The lowest BCUT2D eigenvalue weighted by molar-refractivity contribution is -0.159. The number of rotatable bonds is 8. The van der Waals surface area contributed by atoms with Crippen molar-refractivity contribution in [1.29, 1.82) is 0 Å². The molecule has 0 unspecified atom stereocenters.